The molecule has 0 spiro atoms. The van der Waals surface area contributed by atoms with E-state index >= 15 is 0 Å². The van der Waals surface area contributed by atoms with E-state index in [1.807, 2.05) is 6.92 Å². The van der Waals surface area contributed by atoms with Crippen LogP contribution in [-0.4, -0.2) is 30.3 Å². The highest BCUT2D eigenvalue weighted by Crippen LogP contribution is 2.27. The molecule has 0 aliphatic heterocycles. The quantitative estimate of drug-likeness (QED) is 0.338. The molecule has 1 amide bonds. The van der Waals surface area contributed by atoms with Crippen LogP contribution < -0.4 is 10.1 Å². The normalized spacial score (nSPS) is 9.85. The number of nitro groups is 1. The van der Waals surface area contributed by atoms with Crippen LogP contribution in [0.5, 0.6) is 5.75 Å². The summed E-state index contributed by atoms with van der Waals surface area (Å²) in [5.74, 6) is -0.376. The standard InChI is InChI=1S/C13H16N2O5/c1-2-3-6-14-13(17)9-20-12-5-4-10(8-16)7-11(12)15(18)19/h4-5,7-8H,2-3,6,9H2,1H3,(H,14,17). The lowest BCUT2D eigenvalue weighted by molar-refractivity contribution is -0.385. The van der Waals surface area contributed by atoms with Gasteiger partial charge in [-0.05, 0) is 18.6 Å². The lowest BCUT2D eigenvalue weighted by atomic mass is 10.2. The molecule has 7 nitrogen and oxygen atoms in total. The summed E-state index contributed by atoms with van der Waals surface area (Å²) in [4.78, 5) is 32.2. The number of carbonyl (C=O) groups is 2. The lowest BCUT2D eigenvalue weighted by Gasteiger charge is -2.07. The minimum absolute atomic E-state index is 0.0359. The molecule has 7 heteroatoms. The Morgan fingerprint density at radius 2 is 2.25 bits per heavy atom. The van der Waals surface area contributed by atoms with Crippen molar-refractivity contribution < 1.29 is 19.2 Å². The molecule has 0 aliphatic carbocycles. The zero-order valence-electron chi connectivity index (χ0n) is 11.1. The van der Waals surface area contributed by atoms with Gasteiger partial charge in [-0.1, -0.05) is 13.3 Å². The number of rotatable bonds is 8. The molecule has 0 atom stereocenters. The number of ether oxygens (including phenoxy) is 1. The van der Waals surface area contributed by atoms with E-state index in [2.05, 4.69) is 5.32 Å². The van der Waals surface area contributed by atoms with Crippen molar-refractivity contribution in [2.75, 3.05) is 13.2 Å². The Morgan fingerprint density at radius 1 is 1.50 bits per heavy atom. The first kappa shape index (κ1) is 15.6. The highest BCUT2D eigenvalue weighted by atomic mass is 16.6. The van der Waals surface area contributed by atoms with E-state index in [1.54, 1.807) is 0 Å². The SMILES string of the molecule is CCCCNC(=O)COc1ccc(C=O)cc1[N+](=O)[O-]. The molecule has 20 heavy (non-hydrogen) atoms. The highest BCUT2D eigenvalue weighted by Gasteiger charge is 2.16. The van der Waals surface area contributed by atoms with Gasteiger partial charge in [0.2, 0.25) is 0 Å². The molecule has 1 rings (SSSR count). The maximum atomic E-state index is 11.4. The highest BCUT2D eigenvalue weighted by molar-refractivity contribution is 5.79. The summed E-state index contributed by atoms with van der Waals surface area (Å²) in [5, 5.41) is 13.5. The number of nitrogens with one attached hydrogen (secondary N) is 1. The molecule has 1 N–H and O–H groups in total. The first-order chi connectivity index (χ1) is 9.58. The van der Waals surface area contributed by atoms with Gasteiger partial charge in [0, 0.05) is 18.2 Å². The van der Waals surface area contributed by atoms with Crippen molar-refractivity contribution in [1.82, 2.24) is 5.32 Å². The monoisotopic (exact) mass is 280 g/mol. The molecule has 0 saturated carbocycles. The van der Waals surface area contributed by atoms with E-state index in [9.17, 15) is 19.7 Å². The molecule has 0 aromatic heterocycles. The number of nitro benzene ring substituents is 1. The molecule has 0 heterocycles. The zero-order chi connectivity index (χ0) is 15.0. The van der Waals surface area contributed by atoms with Crippen molar-refractivity contribution in [1.29, 1.82) is 0 Å². The van der Waals surface area contributed by atoms with Crippen LogP contribution in [0, 0.1) is 10.1 Å². The minimum atomic E-state index is -0.655. The van der Waals surface area contributed by atoms with Crippen LogP contribution in [0.2, 0.25) is 0 Å². The Bertz CT molecular complexity index is 502. The molecular formula is C13H16N2O5. The summed E-state index contributed by atoms with van der Waals surface area (Å²) in [7, 11) is 0. The van der Waals surface area contributed by atoms with Gasteiger partial charge in [0.05, 0.1) is 4.92 Å². The number of carbonyl (C=O) groups excluding carboxylic acids is 2. The van der Waals surface area contributed by atoms with Gasteiger partial charge in [-0.3, -0.25) is 19.7 Å². The van der Waals surface area contributed by atoms with E-state index in [0.29, 0.717) is 12.8 Å². The van der Waals surface area contributed by atoms with E-state index < -0.39 is 4.92 Å². The zero-order valence-corrected chi connectivity index (χ0v) is 11.1. The van der Waals surface area contributed by atoms with E-state index in [0.717, 1.165) is 18.9 Å². The van der Waals surface area contributed by atoms with Crippen LogP contribution in [0.3, 0.4) is 0 Å². The van der Waals surface area contributed by atoms with Crippen LogP contribution in [0.1, 0.15) is 30.1 Å². The summed E-state index contributed by atoms with van der Waals surface area (Å²) in [6, 6.07) is 3.81. The maximum Gasteiger partial charge on any atom is 0.311 e. The van der Waals surface area contributed by atoms with Crippen LogP contribution in [0.4, 0.5) is 5.69 Å². The molecule has 0 unspecified atom stereocenters. The van der Waals surface area contributed by atoms with Crippen molar-refractivity contribution in [3.8, 4) is 5.75 Å². The van der Waals surface area contributed by atoms with Crippen molar-refractivity contribution in [3.63, 3.8) is 0 Å². The Morgan fingerprint density at radius 3 is 2.85 bits per heavy atom. The third-order valence-electron chi connectivity index (χ3n) is 2.53. The summed E-state index contributed by atoms with van der Waals surface area (Å²) in [6.07, 6.45) is 2.33. The number of hydrogen-bond acceptors (Lipinski definition) is 5. The Hall–Kier alpha value is -2.44. The van der Waals surface area contributed by atoms with Crippen molar-refractivity contribution in [2.45, 2.75) is 19.8 Å². The fourth-order valence-corrected chi connectivity index (χ4v) is 1.47. The molecule has 0 aliphatic rings. The second-order valence-corrected chi connectivity index (χ2v) is 4.09. The molecule has 0 fully saturated rings. The first-order valence-corrected chi connectivity index (χ1v) is 6.21. The second kappa shape index (κ2) is 7.88. The van der Waals surface area contributed by atoms with Crippen molar-refractivity contribution in [3.05, 3.63) is 33.9 Å². The van der Waals surface area contributed by atoms with E-state index in [4.69, 9.17) is 4.74 Å². The molecule has 108 valence electrons. The molecular weight excluding hydrogens is 264 g/mol. The van der Waals surface area contributed by atoms with Gasteiger partial charge in [-0.2, -0.15) is 0 Å². The smallest absolute Gasteiger partial charge is 0.311 e. The number of benzene rings is 1. The predicted octanol–water partition coefficient (Wildman–Crippen LogP) is 1.70. The van der Waals surface area contributed by atoms with Crippen LogP contribution in [0.25, 0.3) is 0 Å². The van der Waals surface area contributed by atoms with Gasteiger partial charge in [0.1, 0.15) is 6.29 Å². The number of amides is 1. The average Bonchev–Trinajstić information content (AvgIpc) is 2.45. The number of unbranched alkanes of at least 4 members (excludes halogenated alkanes) is 1. The van der Waals surface area contributed by atoms with Gasteiger partial charge in [0.15, 0.2) is 12.4 Å². The largest absolute Gasteiger partial charge is 0.477 e. The predicted molar refractivity (Wildman–Crippen MR) is 71.9 cm³/mol. The van der Waals surface area contributed by atoms with Gasteiger partial charge in [0.25, 0.3) is 5.91 Å². The van der Waals surface area contributed by atoms with Gasteiger partial charge in [-0.15, -0.1) is 0 Å². The number of hydrogen-bond donors (Lipinski definition) is 1. The second-order valence-electron chi connectivity index (χ2n) is 4.09. The summed E-state index contributed by atoms with van der Waals surface area (Å²) >= 11 is 0. The lowest BCUT2D eigenvalue weighted by Crippen LogP contribution is -2.29. The number of aldehydes is 1. The molecule has 1 aromatic carbocycles. The summed E-state index contributed by atoms with van der Waals surface area (Å²) in [6.45, 7) is 2.25. The third kappa shape index (κ3) is 4.68. The van der Waals surface area contributed by atoms with E-state index in [-0.39, 0.29) is 29.5 Å². The van der Waals surface area contributed by atoms with Crippen LogP contribution in [-0.2, 0) is 4.79 Å². The van der Waals surface area contributed by atoms with Crippen molar-refractivity contribution in [2.24, 2.45) is 0 Å². The topological polar surface area (TPSA) is 98.5 Å². The fourth-order valence-electron chi connectivity index (χ4n) is 1.47. The average molecular weight is 280 g/mol. The van der Waals surface area contributed by atoms with Crippen molar-refractivity contribution >= 4 is 17.9 Å². The fraction of sp³-hybridized carbons (Fsp3) is 0.385. The molecule has 0 saturated heterocycles. The Labute approximate surface area is 116 Å². The summed E-state index contributed by atoms with van der Waals surface area (Å²) < 4.78 is 5.12. The Kier molecular flexibility index (Phi) is 6.15. The van der Waals surface area contributed by atoms with Gasteiger partial charge < -0.3 is 10.1 Å². The molecule has 1 aromatic rings. The number of nitrogens with zero attached hydrogens (tertiary/aromatic N) is 1. The minimum Gasteiger partial charge on any atom is -0.477 e. The maximum absolute atomic E-state index is 11.4. The molecule has 0 bridgehead atoms. The summed E-state index contributed by atoms with van der Waals surface area (Å²) in [5.41, 5.74) is -0.160. The Balaban J connectivity index is 2.65. The van der Waals surface area contributed by atoms with Crippen LogP contribution >= 0.6 is 0 Å². The first-order valence-electron chi connectivity index (χ1n) is 6.21. The van der Waals surface area contributed by atoms with Gasteiger partial charge >= 0.3 is 5.69 Å². The van der Waals surface area contributed by atoms with Gasteiger partial charge in [-0.25, -0.2) is 0 Å². The van der Waals surface area contributed by atoms with Crippen LogP contribution in [0.15, 0.2) is 18.2 Å². The third-order valence-corrected chi connectivity index (χ3v) is 2.53. The molecule has 0 radical (unpaired) electrons. The van der Waals surface area contributed by atoms with E-state index in [1.165, 1.54) is 12.1 Å².